The number of nitrogens with one attached hydrogen (secondary N) is 2. The molecule has 0 saturated heterocycles. The zero-order valence-electron chi connectivity index (χ0n) is 19.4. The Balaban J connectivity index is 1.57. The van der Waals surface area contributed by atoms with Crippen LogP contribution in [0.4, 0.5) is 5.69 Å². The van der Waals surface area contributed by atoms with Gasteiger partial charge < -0.3 is 14.5 Å². The number of carbonyl (C=O) groups is 1. The molecular weight excluding hydrogens is 506 g/mol. The minimum Gasteiger partial charge on any atom is -0.460 e. The average Bonchev–Trinajstić information content (AvgIpc) is 3.35. The first kappa shape index (κ1) is 25.7. The molecule has 2 atom stereocenters. The Labute approximate surface area is 213 Å². The number of carbonyl (C=O) groups excluding carboxylic acids is 1. The van der Waals surface area contributed by atoms with E-state index in [0.717, 1.165) is 36.2 Å². The maximum Gasteiger partial charge on any atom is 0.321 e. The highest BCUT2D eigenvalue weighted by molar-refractivity contribution is 7.89. The van der Waals surface area contributed by atoms with Gasteiger partial charge in [0.25, 0.3) is 5.69 Å². The third-order valence-corrected chi connectivity index (χ3v) is 8.42. The van der Waals surface area contributed by atoms with Crippen molar-refractivity contribution < 1.29 is 22.9 Å². The number of pyridine rings is 1. The molecule has 1 fully saturated rings. The van der Waals surface area contributed by atoms with Gasteiger partial charge in [-0.3, -0.25) is 14.9 Å². The monoisotopic (exact) mass is 531 g/mol. The maximum absolute atomic E-state index is 12.8. The molecule has 13 heteroatoms. The Morgan fingerprint density at radius 2 is 2.08 bits per heavy atom. The van der Waals surface area contributed by atoms with Crippen LogP contribution in [0.25, 0.3) is 5.65 Å². The van der Waals surface area contributed by atoms with Crippen molar-refractivity contribution in [3.8, 4) is 0 Å². The highest BCUT2D eigenvalue weighted by Gasteiger charge is 2.48. The number of thiocarbonyl (C=S) groups is 1. The predicted octanol–water partition coefficient (Wildman–Crippen LogP) is 2.49. The average molecular weight is 532 g/mol. The zero-order chi connectivity index (χ0) is 25.9. The van der Waals surface area contributed by atoms with Crippen molar-refractivity contribution in [2.75, 3.05) is 13.6 Å². The van der Waals surface area contributed by atoms with Gasteiger partial charge in [-0.1, -0.05) is 36.8 Å². The molecule has 11 nitrogen and oxygen atoms in total. The maximum atomic E-state index is 12.8. The fraction of sp³-hybridized carbons (Fsp3) is 0.348. The fourth-order valence-corrected chi connectivity index (χ4v) is 6.19. The van der Waals surface area contributed by atoms with Gasteiger partial charge in [0.1, 0.15) is 18.3 Å². The van der Waals surface area contributed by atoms with Gasteiger partial charge in [0.05, 0.1) is 15.3 Å². The molecule has 2 unspecified atom stereocenters. The summed E-state index contributed by atoms with van der Waals surface area (Å²) >= 11 is 5.73. The second-order valence-electron chi connectivity index (χ2n) is 8.43. The summed E-state index contributed by atoms with van der Waals surface area (Å²) in [6, 6.07) is 8.69. The van der Waals surface area contributed by atoms with E-state index in [0.29, 0.717) is 17.8 Å². The first-order valence-corrected chi connectivity index (χ1v) is 13.2. The van der Waals surface area contributed by atoms with E-state index in [1.807, 2.05) is 28.9 Å². The minimum atomic E-state index is -4.33. The minimum absolute atomic E-state index is 0.514. The molecule has 2 aromatic heterocycles. The van der Waals surface area contributed by atoms with Crippen molar-refractivity contribution in [1.82, 2.24) is 19.4 Å². The van der Waals surface area contributed by atoms with E-state index in [9.17, 15) is 23.3 Å². The number of hydrogen-bond acceptors (Lipinski definition) is 8. The quantitative estimate of drug-likeness (QED) is 0.194. The molecule has 0 bridgehead atoms. The molecule has 4 rings (SSSR count). The third kappa shape index (κ3) is 4.81. The lowest BCUT2D eigenvalue weighted by atomic mass is 9.67. The number of nitro benzene ring substituents is 1. The summed E-state index contributed by atoms with van der Waals surface area (Å²) in [6.07, 6.45) is 7.60. The van der Waals surface area contributed by atoms with Gasteiger partial charge in [-0.2, -0.15) is 4.72 Å². The molecule has 1 aromatic carbocycles. The van der Waals surface area contributed by atoms with Crippen LogP contribution in [0.3, 0.4) is 0 Å². The molecule has 0 amide bonds. The third-order valence-electron chi connectivity index (χ3n) is 6.40. The van der Waals surface area contributed by atoms with Crippen LogP contribution in [0.5, 0.6) is 0 Å². The SMILES string of the molecule is CNC(=S)C1(c2ccc3nccn3c2)CCCCC1OC(=O)CNS(=O)(=O)c1ccccc1[N+](=O)[O-]. The van der Waals surface area contributed by atoms with E-state index >= 15 is 0 Å². The summed E-state index contributed by atoms with van der Waals surface area (Å²) in [5.41, 5.74) is 0.218. The summed E-state index contributed by atoms with van der Waals surface area (Å²) < 4.78 is 35.2. The molecule has 36 heavy (non-hydrogen) atoms. The highest BCUT2D eigenvalue weighted by Crippen LogP contribution is 2.42. The molecule has 3 aromatic rings. The number of hydrogen-bond donors (Lipinski definition) is 2. The number of sulfonamides is 1. The lowest BCUT2D eigenvalue weighted by Crippen LogP contribution is -2.54. The van der Waals surface area contributed by atoms with Crippen LogP contribution in [0, 0.1) is 10.1 Å². The van der Waals surface area contributed by atoms with Crippen molar-refractivity contribution in [3.05, 3.63) is 70.7 Å². The van der Waals surface area contributed by atoms with Crippen LogP contribution in [0.1, 0.15) is 31.2 Å². The van der Waals surface area contributed by atoms with Gasteiger partial charge in [-0.05, 0) is 37.0 Å². The van der Waals surface area contributed by atoms with Crippen LogP contribution in [0.15, 0.2) is 59.9 Å². The molecule has 0 aliphatic heterocycles. The summed E-state index contributed by atoms with van der Waals surface area (Å²) in [5, 5.41) is 14.3. The molecule has 1 aliphatic rings. The summed E-state index contributed by atoms with van der Waals surface area (Å²) in [5.74, 6) is -0.809. The number of esters is 1. The lowest BCUT2D eigenvalue weighted by molar-refractivity contribution is -0.387. The summed E-state index contributed by atoms with van der Waals surface area (Å²) in [6.45, 7) is -0.687. The van der Waals surface area contributed by atoms with Crippen LogP contribution < -0.4 is 10.0 Å². The zero-order valence-corrected chi connectivity index (χ0v) is 21.0. The number of nitro groups is 1. The fourth-order valence-electron chi connectivity index (χ4n) is 4.70. The van der Waals surface area contributed by atoms with E-state index in [1.165, 1.54) is 12.1 Å². The molecule has 0 radical (unpaired) electrons. The van der Waals surface area contributed by atoms with Gasteiger partial charge in [-0.15, -0.1) is 0 Å². The number of likely N-dealkylation sites (N-methyl/N-ethyl adjacent to an activating group) is 1. The number of aromatic nitrogens is 2. The van der Waals surface area contributed by atoms with Crippen molar-refractivity contribution in [1.29, 1.82) is 0 Å². The van der Waals surface area contributed by atoms with E-state index in [-0.39, 0.29) is 0 Å². The molecule has 190 valence electrons. The van der Waals surface area contributed by atoms with E-state index in [2.05, 4.69) is 15.0 Å². The van der Waals surface area contributed by atoms with Gasteiger partial charge in [-0.25, -0.2) is 13.4 Å². The number of nitrogens with zero attached hydrogens (tertiary/aromatic N) is 3. The first-order valence-electron chi connectivity index (χ1n) is 11.3. The molecule has 2 N–H and O–H groups in total. The Morgan fingerprint density at radius 1 is 1.31 bits per heavy atom. The van der Waals surface area contributed by atoms with E-state index in [1.54, 1.807) is 13.2 Å². The van der Waals surface area contributed by atoms with Gasteiger partial charge in [0, 0.05) is 31.7 Å². The van der Waals surface area contributed by atoms with E-state index in [4.69, 9.17) is 17.0 Å². The molecule has 2 heterocycles. The number of imidazole rings is 1. The largest absolute Gasteiger partial charge is 0.460 e. The van der Waals surface area contributed by atoms with Crippen LogP contribution >= 0.6 is 12.2 Å². The number of ether oxygens (including phenoxy) is 1. The number of rotatable bonds is 8. The van der Waals surface area contributed by atoms with Crippen molar-refractivity contribution >= 4 is 44.5 Å². The Kier molecular flexibility index (Phi) is 7.33. The molecule has 1 saturated carbocycles. The Morgan fingerprint density at radius 3 is 2.83 bits per heavy atom. The van der Waals surface area contributed by atoms with E-state index < -0.39 is 49.6 Å². The Hall–Kier alpha value is -3.42. The van der Waals surface area contributed by atoms with Gasteiger partial charge >= 0.3 is 5.97 Å². The molecule has 0 spiro atoms. The standard InChI is InChI=1S/C23H25N5O6S2/c1-24-22(35)23(16-9-10-20-25-12-13-27(20)15-16)11-5-4-8-19(23)34-21(29)14-26-36(32,33)18-7-3-2-6-17(18)28(30)31/h2-3,6-7,9-10,12-13,15,19,26H,4-5,8,11,14H2,1H3,(H,24,35). The van der Waals surface area contributed by atoms with Crippen molar-refractivity contribution in [2.45, 2.75) is 42.1 Å². The highest BCUT2D eigenvalue weighted by atomic mass is 32.2. The summed E-state index contributed by atoms with van der Waals surface area (Å²) in [7, 11) is -2.62. The van der Waals surface area contributed by atoms with Crippen molar-refractivity contribution in [3.63, 3.8) is 0 Å². The first-order chi connectivity index (χ1) is 17.2. The Bertz CT molecular complexity index is 1420. The number of para-hydroxylation sites is 1. The molecular formula is C23H25N5O6S2. The topological polar surface area (TPSA) is 145 Å². The van der Waals surface area contributed by atoms with Crippen LogP contribution in [0.2, 0.25) is 0 Å². The second-order valence-corrected chi connectivity index (χ2v) is 10.6. The van der Waals surface area contributed by atoms with Crippen LogP contribution in [-0.4, -0.2) is 53.4 Å². The smallest absolute Gasteiger partial charge is 0.321 e. The summed E-state index contributed by atoms with van der Waals surface area (Å²) in [4.78, 5) is 27.5. The van der Waals surface area contributed by atoms with Crippen LogP contribution in [-0.2, 0) is 25.0 Å². The predicted molar refractivity (Wildman–Crippen MR) is 135 cm³/mol. The lowest BCUT2D eigenvalue weighted by Gasteiger charge is -2.44. The van der Waals surface area contributed by atoms with Gasteiger partial charge in [0.2, 0.25) is 10.0 Å². The second kappa shape index (κ2) is 10.3. The van der Waals surface area contributed by atoms with Gasteiger partial charge in [0.15, 0.2) is 4.90 Å². The normalized spacial score (nSPS) is 20.1. The number of benzene rings is 1. The number of fused-ring (bicyclic) bond motifs is 1. The van der Waals surface area contributed by atoms with Crippen molar-refractivity contribution in [2.24, 2.45) is 0 Å². The molecule has 1 aliphatic carbocycles.